The number of nitrogens with one attached hydrogen (secondary N) is 1. The van der Waals surface area contributed by atoms with Crippen molar-refractivity contribution >= 4 is 5.91 Å². The lowest BCUT2D eigenvalue weighted by atomic mass is 10.3. The fraction of sp³-hybridized carbons (Fsp3) is 0.333. The van der Waals surface area contributed by atoms with E-state index >= 15 is 0 Å². The fourth-order valence-corrected chi connectivity index (χ4v) is 0.852. The SMILES string of the molecule is C=CCCNC(=O)c1cc(C)on1. The van der Waals surface area contributed by atoms with Crippen LogP contribution in [0, 0.1) is 6.92 Å². The smallest absolute Gasteiger partial charge is 0.273 e. The molecule has 0 spiro atoms. The van der Waals surface area contributed by atoms with Crippen LogP contribution in [-0.2, 0) is 0 Å². The van der Waals surface area contributed by atoms with Crippen LogP contribution in [-0.4, -0.2) is 17.6 Å². The lowest BCUT2D eigenvalue weighted by Crippen LogP contribution is -2.24. The first-order valence-corrected chi connectivity index (χ1v) is 4.06. The van der Waals surface area contributed by atoms with Gasteiger partial charge in [0, 0.05) is 12.6 Å². The summed E-state index contributed by atoms with van der Waals surface area (Å²) in [7, 11) is 0. The number of aryl methyl sites for hydroxylation is 1. The lowest BCUT2D eigenvalue weighted by molar-refractivity contribution is 0.0945. The summed E-state index contributed by atoms with van der Waals surface area (Å²) in [5.74, 6) is 0.424. The maximum atomic E-state index is 11.3. The average Bonchev–Trinajstić information content (AvgIpc) is 2.52. The summed E-state index contributed by atoms with van der Waals surface area (Å²) in [4.78, 5) is 11.3. The zero-order valence-corrected chi connectivity index (χ0v) is 7.54. The normalized spacial score (nSPS) is 9.62. The second-order valence-corrected chi connectivity index (χ2v) is 2.66. The van der Waals surface area contributed by atoms with Crippen LogP contribution in [0.3, 0.4) is 0 Å². The summed E-state index contributed by atoms with van der Waals surface area (Å²) in [6.07, 6.45) is 2.50. The van der Waals surface area contributed by atoms with E-state index in [0.29, 0.717) is 18.0 Å². The molecule has 0 aliphatic rings. The maximum Gasteiger partial charge on any atom is 0.273 e. The molecule has 4 nitrogen and oxygen atoms in total. The highest BCUT2D eigenvalue weighted by molar-refractivity contribution is 5.92. The molecule has 0 unspecified atom stereocenters. The monoisotopic (exact) mass is 180 g/mol. The Balaban J connectivity index is 2.44. The summed E-state index contributed by atoms with van der Waals surface area (Å²) in [5, 5.41) is 6.26. The van der Waals surface area contributed by atoms with E-state index in [1.807, 2.05) is 0 Å². The minimum atomic E-state index is -0.210. The minimum Gasteiger partial charge on any atom is -0.361 e. The van der Waals surface area contributed by atoms with Crippen molar-refractivity contribution in [3.63, 3.8) is 0 Å². The molecule has 0 fully saturated rings. The number of rotatable bonds is 4. The predicted molar refractivity (Wildman–Crippen MR) is 48.4 cm³/mol. The number of carbonyl (C=O) groups is 1. The van der Waals surface area contributed by atoms with Crippen LogP contribution >= 0.6 is 0 Å². The Hall–Kier alpha value is -1.58. The molecule has 0 aromatic carbocycles. The molecule has 4 heteroatoms. The zero-order chi connectivity index (χ0) is 9.68. The van der Waals surface area contributed by atoms with Crippen LogP contribution in [0.4, 0.5) is 0 Å². The third-order valence-electron chi connectivity index (χ3n) is 1.49. The van der Waals surface area contributed by atoms with Gasteiger partial charge in [0.1, 0.15) is 5.76 Å². The Bertz CT molecular complexity index is 304. The molecule has 0 saturated carbocycles. The molecule has 1 rings (SSSR count). The third-order valence-corrected chi connectivity index (χ3v) is 1.49. The van der Waals surface area contributed by atoms with Crippen LogP contribution in [0.25, 0.3) is 0 Å². The van der Waals surface area contributed by atoms with Crippen LogP contribution in [0.5, 0.6) is 0 Å². The second-order valence-electron chi connectivity index (χ2n) is 2.66. The highest BCUT2D eigenvalue weighted by Gasteiger charge is 2.08. The Labute approximate surface area is 76.6 Å². The Morgan fingerprint density at radius 1 is 1.85 bits per heavy atom. The molecule has 1 N–H and O–H groups in total. The van der Waals surface area contributed by atoms with Gasteiger partial charge in [0.25, 0.3) is 5.91 Å². The molecule has 1 heterocycles. The van der Waals surface area contributed by atoms with E-state index in [9.17, 15) is 4.79 Å². The van der Waals surface area contributed by atoms with E-state index in [4.69, 9.17) is 4.52 Å². The van der Waals surface area contributed by atoms with Gasteiger partial charge in [0.2, 0.25) is 0 Å². The molecule has 1 amide bonds. The number of aromatic nitrogens is 1. The van der Waals surface area contributed by atoms with Gasteiger partial charge >= 0.3 is 0 Å². The van der Waals surface area contributed by atoms with Crippen molar-refractivity contribution in [2.75, 3.05) is 6.54 Å². The summed E-state index contributed by atoms with van der Waals surface area (Å²) >= 11 is 0. The van der Waals surface area contributed by atoms with Gasteiger partial charge in [-0.05, 0) is 13.3 Å². The highest BCUT2D eigenvalue weighted by Crippen LogP contribution is 2.00. The van der Waals surface area contributed by atoms with Crippen LogP contribution in [0.15, 0.2) is 23.2 Å². The van der Waals surface area contributed by atoms with Crippen molar-refractivity contribution in [1.82, 2.24) is 10.5 Å². The molecule has 0 radical (unpaired) electrons. The van der Waals surface area contributed by atoms with Crippen LogP contribution in [0.2, 0.25) is 0 Å². The largest absolute Gasteiger partial charge is 0.361 e. The molecule has 1 aromatic heterocycles. The van der Waals surface area contributed by atoms with E-state index < -0.39 is 0 Å². The van der Waals surface area contributed by atoms with Gasteiger partial charge in [-0.15, -0.1) is 6.58 Å². The molecule has 0 atom stereocenters. The summed E-state index contributed by atoms with van der Waals surface area (Å²) in [6, 6.07) is 1.60. The molecule has 13 heavy (non-hydrogen) atoms. The van der Waals surface area contributed by atoms with E-state index in [0.717, 1.165) is 6.42 Å². The van der Waals surface area contributed by atoms with Gasteiger partial charge < -0.3 is 9.84 Å². The van der Waals surface area contributed by atoms with Gasteiger partial charge in [-0.1, -0.05) is 11.2 Å². The predicted octanol–water partition coefficient (Wildman–Crippen LogP) is 1.29. The van der Waals surface area contributed by atoms with Crippen molar-refractivity contribution in [3.8, 4) is 0 Å². The van der Waals surface area contributed by atoms with E-state index in [1.165, 1.54) is 0 Å². The number of hydrogen-bond donors (Lipinski definition) is 1. The molecule has 0 bridgehead atoms. The number of amides is 1. The maximum absolute atomic E-state index is 11.3. The first kappa shape index (κ1) is 9.51. The molecular formula is C9H12N2O2. The minimum absolute atomic E-state index is 0.210. The molecule has 1 aromatic rings. The van der Waals surface area contributed by atoms with Gasteiger partial charge in [0.15, 0.2) is 5.69 Å². The average molecular weight is 180 g/mol. The van der Waals surface area contributed by atoms with E-state index in [1.54, 1.807) is 19.1 Å². The standard InChI is InChI=1S/C9H12N2O2/c1-3-4-5-10-9(12)8-6-7(2)13-11-8/h3,6H,1,4-5H2,2H3,(H,10,12). The summed E-state index contributed by atoms with van der Waals surface area (Å²) in [5.41, 5.74) is 0.321. The van der Waals surface area contributed by atoms with Crippen molar-refractivity contribution in [2.24, 2.45) is 0 Å². The Morgan fingerprint density at radius 2 is 2.62 bits per heavy atom. The highest BCUT2D eigenvalue weighted by atomic mass is 16.5. The third kappa shape index (κ3) is 2.74. The topological polar surface area (TPSA) is 55.1 Å². The lowest BCUT2D eigenvalue weighted by Gasteiger charge is -1.97. The number of nitrogens with zero attached hydrogens (tertiary/aromatic N) is 1. The first-order chi connectivity index (χ1) is 6.24. The van der Waals surface area contributed by atoms with Crippen LogP contribution < -0.4 is 5.32 Å². The van der Waals surface area contributed by atoms with E-state index in [-0.39, 0.29) is 5.91 Å². The van der Waals surface area contributed by atoms with Crippen LogP contribution in [0.1, 0.15) is 22.7 Å². The second kappa shape index (κ2) is 4.45. The quantitative estimate of drug-likeness (QED) is 0.561. The molecule has 0 aliphatic carbocycles. The first-order valence-electron chi connectivity index (χ1n) is 4.06. The number of carbonyl (C=O) groups excluding carboxylic acids is 1. The van der Waals surface area contributed by atoms with Crippen molar-refractivity contribution in [1.29, 1.82) is 0 Å². The van der Waals surface area contributed by atoms with Crippen molar-refractivity contribution < 1.29 is 9.32 Å². The molecular weight excluding hydrogens is 168 g/mol. The van der Waals surface area contributed by atoms with Crippen molar-refractivity contribution in [2.45, 2.75) is 13.3 Å². The van der Waals surface area contributed by atoms with Gasteiger partial charge in [-0.25, -0.2) is 0 Å². The van der Waals surface area contributed by atoms with Gasteiger partial charge in [-0.2, -0.15) is 0 Å². The molecule has 0 aliphatic heterocycles. The number of hydrogen-bond acceptors (Lipinski definition) is 3. The fourth-order valence-electron chi connectivity index (χ4n) is 0.852. The van der Waals surface area contributed by atoms with Gasteiger partial charge in [0.05, 0.1) is 0 Å². The summed E-state index contributed by atoms with van der Waals surface area (Å²) in [6.45, 7) is 5.87. The van der Waals surface area contributed by atoms with Gasteiger partial charge in [-0.3, -0.25) is 4.79 Å². The molecule has 70 valence electrons. The van der Waals surface area contributed by atoms with Crippen molar-refractivity contribution in [3.05, 3.63) is 30.2 Å². The Kier molecular flexibility index (Phi) is 3.25. The zero-order valence-electron chi connectivity index (χ0n) is 7.54. The summed E-state index contributed by atoms with van der Waals surface area (Å²) < 4.78 is 4.76. The molecule has 0 saturated heterocycles. The van der Waals surface area contributed by atoms with E-state index in [2.05, 4.69) is 17.1 Å². The Morgan fingerprint density at radius 3 is 3.15 bits per heavy atom.